The SMILES string of the molecule is C=C(C=[N+](CC)CCC)/C=C\C. The number of hydrogen-bond acceptors (Lipinski definition) is 0. The zero-order chi connectivity index (χ0) is 9.40. The molecule has 0 aliphatic heterocycles. The molecule has 0 aromatic rings. The van der Waals surface area contributed by atoms with Gasteiger partial charge in [-0.2, -0.15) is 0 Å². The monoisotopic (exact) mass is 166 g/mol. The second-order valence-electron chi connectivity index (χ2n) is 2.83. The fourth-order valence-corrected chi connectivity index (χ4v) is 1.09. The third kappa shape index (κ3) is 4.89. The normalized spacial score (nSPS) is 12.4. The molecule has 0 spiro atoms. The van der Waals surface area contributed by atoms with E-state index >= 15 is 0 Å². The van der Waals surface area contributed by atoms with Gasteiger partial charge in [-0.3, -0.25) is 0 Å². The molecule has 0 heterocycles. The van der Waals surface area contributed by atoms with Crippen LogP contribution in [-0.4, -0.2) is 23.9 Å². The van der Waals surface area contributed by atoms with Crippen LogP contribution in [0.3, 0.4) is 0 Å². The summed E-state index contributed by atoms with van der Waals surface area (Å²) >= 11 is 0. The van der Waals surface area contributed by atoms with E-state index in [1.807, 2.05) is 19.1 Å². The minimum absolute atomic E-state index is 1.06. The quantitative estimate of drug-likeness (QED) is 0.335. The zero-order valence-corrected chi connectivity index (χ0v) is 8.51. The maximum absolute atomic E-state index is 3.93. The zero-order valence-electron chi connectivity index (χ0n) is 8.51. The number of rotatable bonds is 5. The van der Waals surface area contributed by atoms with Crippen LogP contribution in [0.2, 0.25) is 0 Å². The third-order valence-corrected chi connectivity index (χ3v) is 1.65. The topological polar surface area (TPSA) is 3.01 Å². The van der Waals surface area contributed by atoms with E-state index in [0.29, 0.717) is 0 Å². The van der Waals surface area contributed by atoms with E-state index < -0.39 is 0 Å². The molecule has 0 saturated heterocycles. The average molecular weight is 166 g/mol. The molecule has 0 aromatic carbocycles. The molecule has 0 atom stereocenters. The average Bonchev–Trinajstić information content (AvgIpc) is 2.04. The molecular weight excluding hydrogens is 146 g/mol. The largest absolute Gasteiger partial charge is 0.236 e. The van der Waals surface area contributed by atoms with Gasteiger partial charge in [0.2, 0.25) is 0 Å². The van der Waals surface area contributed by atoms with Gasteiger partial charge >= 0.3 is 0 Å². The van der Waals surface area contributed by atoms with Crippen LogP contribution in [0.25, 0.3) is 0 Å². The lowest BCUT2D eigenvalue weighted by molar-refractivity contribution is -0.519. The summed E-state index contributed by atoms with van der Waals surface area (Å²) in [5.74, 6) is 0. The summed E-state index contributed by atoms with van der Waals surface area (Å²) in [5.41, 5.74) is 1.08. The van der Waals surface area contributed by atoms with E-state index in [1.165, 1.54) is 6.42 Å². The van der Waals surface area contributed by atoms with Gasteiger partial charge in [0.05, 0.1) is 0 Å². The van der Waals surface area contributed by atoms with Crippen LogP contribution in [-0.2, 0) is 0 Å². The summed E-state index contributed by atoms with van der Waals surface area (Å²) in [7, 11) is 0. The molecule has 0 unspecified atom stereocenters. The maximum atomic E-state index is 3.93. The Balaban J connectivity index is 4.16. The van der Waals surface area contributed by atoms with Crippen LogP contribution in [0.4, 0.5) is 0 Å². The molecule has 0 amide bonds. The highest BCUT2D eigenvalue weighted by Gasteiger charge is 1.97. The number of nitrogens with zero attached hydrogens (tertiary/aromatic N) is 1. The second kappa shape index (κ2) is 6.84. The number of hydrogen-bond donors (Lipinski definition) is 0. The highest BCUT2D eigenvalue weighted by atomic mass is 15.0. The summed E-state index contributed by atoms with van der Waals surface area (Å²) in [6, 6.07) is 0. The lowest BCUT2D eigenvalue weighted by Crippen LogP contribution is -2.14. The van der Waals surface area contributed by atoms with Crippen LogP contribution < -0.4 is 0 Å². The van der Waals surface area contributed by atoms with E-state index in [0.717, 1.165) is 18.7 Å². The molecule has 0 rings (SSSR count). The van der Waals surface area contributed by atoms with Gasteiger partial charge < -0.3 is 0 Å². The fraction of sp³-hybridized carbons (Fsp3) is 0.545. The van der Waals surface area contributed by atoms with Gasteiger partial charge in [-0.15, -0.1) is 0 Å². The summed E-state index contributed by atoms with van der Waals surface area (Å²) in [6.45, 7) is 12.5. The summed E-state index contributed by atoms with van der Waals surface area (Å²) < 4.78 is 2.28. The van der Waals surface area contributed by atoms with Crippen molar-refractivity contribution in [3.05, 3.63) is 24.3 Å². The minimum Gasteiger partial charge on any atom is -0.236 e. The lowest BCUT2D eigenvalue weighted by Gasteiger charge is -1.97. The summed E-state index contributed by atoms with van der Waals surface area (Å²) in [4.78, 5) is 0. The third-order valence-electron chi connectivity index (χ3n) is 1.65. The van der Waals surface area contributed by atoms with Gasteiger partial charge in [0, 0.05) is 12.0 Å². The van der Waals surface area contributed by atoms with Crippen molar-refractivity contribution in [2.45, 2.75) is 27.2 Å². The van der Waals surface area contributed by atoms with Crippen LogP contribution in [0.15, 0.2) is 24.3 Å². The van der Waals surface area contributed by atoms with E-state index in [2.05, 4.69) is 31.2 Å². The van der Waals surface area contributed by atoms with Gasteiger partial charge in [0.15, 0.2) is 6.21 Å². The Morgan fingerprint density at radius 1 is 1.42 bits per heavy atom. The Morgan fingerprint density at radius 2 is 2.08 bits per heavy atom. The molecule has 0 aromatic heterocycles. The smallest absolute Gasteiger partial charge is 0.170 e. The Hall–Kier alpha value is -0.850. The molecule has 0 fully saturated rings. The van der Waals surface area contributed by atoms with Gasteiger partial charge in [-0.05, 0) is 13.8 Å². The first-order valence-corrected chi connectivity index (χ1v) is 4.65. The number of allylic oxidation sites excluding steroid dienone is 3. The molecule has 0 bridgehead atoms. The van der Waals surface area contributed by atoms with E-state index in [9.17, 15) is 0 Å². The van der Waals surface area contributed by atoms with Crippen LogP contribution in [0.5, 0.6) is 0 Å². The summed E-state index contributed by atoms with van der Waals surface area (Å²) in [5, 5.41) is 0. The van der Waals surface area contributed by atoms with Crippen molar-refractivity contribution in [1.82, 2.24) is 0 Å². The van der Waals surface area contributed by atoms with E-state index in [1.54, 1.807) is 0 Å². The van der Waals surface area contributed by atoms with Crippen LogP contribution >= 0.6 is 0 Å². The molecular formula is C11H20N+. The fourth-order valence-electron chi connectivity index (χ4n) is 1.09. The molecule has 0 radical (unpaired) electrons. The Bertz CT molecular complexity index is 187. The standard InChI is InChI=1S/C11H20N/c1-5-8-11(4)10-12(7-3)9-6-2/h5,8,10H,4,6-7,9H2,1-3H3/q+1/b8-5-,12-10?. The van der Waals surface area contributed by atoms with Crippen LogP contribution in [0, 0.1) is 0 Å². The molecule has 0 aliphatic rings. The van der Waals surface area contributed by atoms with Crippen molar-refractivity contribution in [3.8, 4) is 0 Å². The van der Waals surface area contributed by atoms with Crippen molar-refractivity contribution in [2.75, 3.05) is 13.1 Å². The highest BCUT2D eigenvalue weighted by molar-refractivity contribution is 5.77. The highest BCUT2D eigenvalue weighted by Crippen LogP contribution is 1.89. The van der Waals surface area contributed by atoms with E-state index in [-0.39, 0.29) is 0 Å². The van der Waals surface area contributed by atoms with Gasteiger partial charge in [0.1, 0.15) is 13.1 Å². The van der Waals surface area contributed by atoms with Crippen molar-refractivity contribution in [3.63, 3.8) is 0 Å². The Labute approximate surface area is 76.1 Å². The van der Waals surface area contributed by atoms with Crippen molar-refractivity contribution in [1.29, 1.82) is 0 Å². The van der Waals surface area contributed by atoms with Gasteiger partial charge in [0.25, 0.3) is 0 Å². The molecule has 0 saturated carbocycles. The van der Waals surface area contributed by atoms with Crippen molar-refractivity contribution >= 4 is 6.21 Å². The lowest BCUT2D eigenvalue weighted by atomic mass is 10.3. The first-order valence-electron chi connectivity index (χ1n) is 4.65. The van der Waals surface area contributed by atoms with Gasteiger partial charge in [-0.1, -0.05) is 25.7 Å². The minimum atomic E-state index is 1.06. The first kappa shape index (κ1) is 11.2. The first-order chi connectivity index (χ1) is 5.74. The molecule has 1 heteroatoms. The second-order valence-corrected chi connectivity index (χ2v) is 2.83. The molecule has 1 nitrogen and oxygen atoms in total. The predicted octanol–water partition coefficient (Wildman–Crippen LogP) is 2.63. The maximum Gasteiger partial charge on any atom is 0.170 e. The summed E-state index contributed by atoms with van der Waals surface area (Å²) in [6.07, 6.45) is 7.34. The Morgan fingerprint density at radius 3 is 2.50 bits per heavy atom. The predicted molar refractivity (Wildman–Crippen MR) is 56.0 cm³/mol. The van der Waals surface area contributed by atoms with E-state index in [4.69, 9.17) is 0 Å². The van der Waals surface area contributed by atoms with Crippen LogP contribution in [0.1, 0.15) is 27.2 Å². The molecule has 12 heavy (non-hydrogen) atoms. The molecule has 0 aliphatic carbocycles. The Kier molecular flexibility index (Phi) is 6.35. The molecule has 68 valence electrons. The van der Waals surface area contributed by atoms with Gasteiger partial charge in [-0.25, -0.2) is 4.58 Å². The van der Waals surface area contributed by atoms with Crippen molar-refractivity contribution < 1.29 is 4.58 Å². The van der Waals surface area contributed by atoms with Crippen molar-refractivity contribution in [2.24, 2.45) is 0 Å². The molecule has 0 N–H and O–H groups in total.